The molecule has 0 fully saturated rings. The highest BCUT2D eigenvalue weighted by Gasteiger charge is 2.42. The Labute approximate surface area is 192 Å². The molecule has 9 heteroatoms. The summed E-state index contributed by atoms with van der Waals surface area (Å²) < 4.78 is 16.2. The Kier molecular flexibility index (Phi) is 7.98. The molecule has 1 aromatic carbocycles. The van der Waals surface area contributed by atoms with Gasteiger partial charge in [0.2, 0.25) is 5.91 Å². The molecule has 2 aliphatic rings. The number of methoxy groups -OCH3 is 2. The van der Waals surface area contributed by atoms with Crippen molar-refractivity contribution in [1.29, 1.82) is 0 Å². The predicted molar refractivity (Wildman–Crippen MR) is 124 cm³/mol. The van der Waals surface area contributed by atoms with Crippen LogP contribution in [0.3, 0.4) is 0 Å². The summed E-state index contributed by atoms with van der Waals surface area (Å²) in [5.74, 6) is 0.0747. The molecule has 3 rings (SSSR count). The van der Waals surface area contributed by atoms with Crippen LogP contribution < -0.4 is 10.1 Å². The second-order valence-corrected chi connectivity index (χ2v) is 8.45. The first-order chi connectivity index (χ1) is 15.4. The van der Waals surface area contributed by atoms with E-state index in [1.807, 2.05) is 48.4 Å². The number of carbonyl (C=O) groups excluding carboxylic acids is 2. The van der Waals surface area contributed by atoms with Crippen molar-refractivity contribution in [2.45, 2.75) is 39.3 Å². The number of carbonyl (C=O) groups is 2. The van der Waals surface area contributed by atoms with Crippen molar-refractivity contribution in [3.8, 4) is 5.75 Å². The number of para-hydroxylation sites is 1. The Bertz CT molecular complexity index is 970. The number of allylic oxidation sites excluding steroid dienone is 1. The second-order valence-electron chi connectivity index (χ2n) is 7.61. The van der Waals surface area contributed by atoms with Crippen molar-refractivity contribution in [1.82, 2.24) is 10.2 Å². The van der Waals surface area contributed by atoms with E-state index in [1.54, 1.807) is 21.1 Å². The number of fused-ring (bicyclic) bond motifs is 1. The zero-order valence-corrected chi connectivity index (χ0v) is 19.8. The second kappa shape index (κ2) is 10.7. The third-order valence-electron chi connectivity index (χ3n) is 4.97. The lowest BCUT2D eigenvalue weighted by Crippen LogP contribution is -2.38. The molecule has 0 bridgehead atoms. The first-order valence-electron chi connectivity index (χ1n) is 10.4. The fourth-order valence-electron chi connectivity index (χ4n) is 3.61. The van der Waals surface area contributed by atoms with Gasteiger partial charge in [-0.15, -0.1) is 0 Å². The number of aliphatic imine (C=N–C) groups is 1. The molecule has 172 valence electrons. The summed E-state index contributed by atoms with van der Waals surface area (Å²) in [4.78, 5) is 32.3. The monoisotopic (exact) mass is 459 g/mol. The summed E-state index contributed by atoms with van der Waals surface area (Å²) in [5.41, 5.74) is 2.57. The maximum Gasteiger partial charge on any atom is 0.338 e. The molecule has 0 spiro atoms. The van der Waals surface area contributed by atoms with Gasteiger partial charge in [-0.25, -0.2) is 9.79 Å². The summed E-state index contributed by atoms with van der Waals surface area (Å²) in [5, 5.41) is 5.45. The molecule has 0 unspecified atom stereocenters. The van der Waals surface area contributed by atoms with Crippen molar-refractivity contribution in [3.05, 3.63) is 52.2 Å². The first kappa shape index (κ1) is 23.9. The number of hydrogen-bond donors (Lipinski definition) is 1. The molecule has 2 heterocycles. The number of thioether (sulfide) groups is 1. The first-order valence-corrected chi connectivity index (χ1v) is 11.3. The Balaban J connectivity index is 2.01. The fourth-order valence-corrected chi connectivity index (χ4v) is 4.58. The normalized spacial score (nSPS) is 17.7. The van der Waals surface area contributed by atoms with Crippen LogP contribution in [0, 0.1) is 0 Å². The van der Waals surface area contributed by atoms with Gasteiger partial charge in [0.1, 0.15) is 5.75 Å². The van der Waals surface area contributed by atoms with E-state index in [0.717, 1.165) is 11.3 Å². The van der Waals surface area contributed by atoms with Gasteiger partial charge in [-0.05, 0) is 32.2 Å². The van der Waals surface area contributed by atoms with Crippen LogP contribution in [0.2, 0.25) is 0 Å². The number of hydrogen-bond acceptors (Lipinski definition) is 8. The minimum Gasteiger partial charge on any atom is -0.496 e. The molecule has 8 nitrogen and oxygen atoms in total. The molecular weight excluding hydrogens is 430 g/mol. The van der Waals surface area contributed by atoms with E-state index < -0.39 is 12.0 Å². The van der Waals surface area contributed by atoms with Crippen molar-refractivity contribution in [2.75, 3.05) is 27.4 Å². The van der Waals surface area contributed by atoms with Crippen LogP contribution in [0.1, 0.15) is 38.8 Å². The third-order valence-corrected chi connectivity index (χ3v) is 5.86. The van der Waals surface area contributed by atoms with Gasteiger partial charge in [-0.1, -0.05) is 30.0 Å². The highest BCUT2D eigenvalue weighted by atomic mass is 32.2. The van der Waals surface area contributed by atoms with Crippen molar-refractivity contribution in [3.63, 3.8) is 0 Å². The number of amidine groups is 1. The van der Waals surface area contributed by atoms with Crippen LogP contribution in [-0.4, -0.2) is 55.4 Å². The number of ether oxygens (including phenoxy) is 3. The predicted octanol–water partition coefficient (Wildman–Crippen LogP) is 3.37. The Morgan fingerprint density at radius 1 is 1.25 bits per heavy atom. The molecule has 1 atom stereocenters. The summed E-state index contributed by atoms with van der Waals surface area (Å²) in [6, 6.07) is 7.01. The quantitative estimate of drug-likeness (QED) is 0.447. The number of amides is 1. The third kappa shape index (κ3) is 5.16. The minimum atomic E-state index is -0.530. The number of nitrogens with zero attached hydrogens (tertiary/aromatic N) is 2. The largest absolute Gasteiger partial charge is 0.496 e. The zero-order chi connectivity index (χ0) is 23.3. The molecule has 0 radical (unpaired) electrons. The van der Waals surface area contributed by atoms with E-state index >= 15 is 0 Å². The van der Waals surface area contributed by atoms with E-state index in [-0.39, 0.29) is 18.4 Å². The van der Waals surface area contributed by atoms with Crippen molar-refractivity contribution >= 4 is 28.8 Å². The summed E-state index contributed by atoms with van der Waals surface area (Å²) >= 11 is 1.43. The Morgan fingerprint density at radius 2 is 2.00 bits per heavy atom. The standard InChI is InChI=1S/C23H29N3O5S/c1-14(2)31-22(28)20-15(3)25-23-26(21(20)17-8-6-7-9-18(17)30-5)16(13-32-23)12-19(27)24-10-11-29-4/h6-9,13-14,21H,10-12H2,1-5H3,(H,24,27)/t21-/m0/s1. The van der Waals surface area contributed by atoms with Gasteiger partial charge in [0.25, 0.3) is 0 Å². The lowest BCUT2D eigenvalue weighted by Gasteiger charge is -2.37. The van der Waals surface area contributed by atoms with E-state index in [4.69, 9.17) is 14.2 Å². The van der Waals surface area contributed by atoms with Crippen LogP contribution in [0.15, 0.2) is 51.6 Å². The van der Waals surface area contributed by atoms with E-state index in [9.17, 15) is 9.59 Å². The summed E-state index contributed by atoms with van der Waals surface area (Å²) in [6.07, 6.45) is -0.131. The number of nitrogens with one attached hydrogen (secondary N) is 1. The van der Waals surface area contributed by atoms with Crippen LogP contribution in [0.4, 0.5) is 0 Å². The van der Waals surface area contributed by atoms with E-state index in [2.05, 4.69) is 10.3 Å². The van der Waals surface area contributed by atoms with Crippen LogP contribution >= 0.6 is 11.8 Å². The van der Waals surface area contributed by atoms with E-state index in [1.165, 1.54) is 11.8 Å². The van der Waals surface area contributed by atoms with Crippen LogP contribution in [0.25, 0.3) is 0 Å². The average molecular weight is 460 g/mol. The Hall–Kier alpha value is -2.78. The van der Waals surface area contributed by atoms with Gasteiger partial charge < -0.3 is 24.4 Å². The molecule has 32 heavy (non-hydrogen) atoms. The fraction of sp³-hybridized carbons (Fsp3) is 0.435. The van der Waals surface area contributed by atoms with Gasteiger partial charge in [-0.3, -0.25) is 4.79 Å². The molecular formula is C23H29N3O5S. The van der Waals surface area contributed by atoms with Gasteiger partial charge in [0.05, 0.1) is 43.6 Å². The molecule has 0 saturated carbocycles. The molecule has 0 aliphatic carbocycles. The van der Waals surface area contributed by atoms with Gasteiger partial charge in [0, 0.05) is 24.9 Å². The van der Waals surface area contributed by atoms with Crippen molar-refractivity contribution < 1.29 is 23.8 Å². The topological polar surface area (TPSA) is 89.5 Å². The number of esters is 1. The SMILES string of the molecule is COCCNC(=O)CC1=CSC2=NC(C)=C(C(=O)OC(C)C)[C@H](c3ccccc3OC)N12. The molecule has 0 aromatic heterocycles. The minimum absolute atomic E-state index is 0.133. The van der Waals surface area contributed by atoms with Crippen LogP contribution in [-0.2, 0) is 19.1 Å². The van der Waals surface area contributed by atoms with Gasteiger partial charge >= 0.3 is 5.97 Å². The number of rotatable bonds is 9. The Morgan fingerprint density at radius 3 is 2.69 bits per heavy atom. The zero-order valence-electron chi connectivity index (χ0n) is 19.0. The maximum atomic E-state index is 13.2. The highest BCUT2D eigenvalue weighted by molar-refractivity contribution is 8.16. The molecule has 2 aliphatic heterocycles. The number of benzene rings is 1. The lowest BCUT2D eigenvalue weighted by atomic mass is 9.93. The molecule has 1 N–H and O–H groups in total. The van der Waals surface area contributed by atoms with Gasteiger partial charge in [-0.2, -0.15) is 0 Å². The van der Waals surface area contributed by atoms with Crippen molar-refractivity contribution in [2.24, 2.45) is 4.99 Å². The average Bonchev–Trinajstić information content (AvgIpc) is 3.14. The van der Waals surface area contributed by atoms with Gasteiger partial charge in [0.15, 0.2) is 5.17 Å². The molecule has 1 amide bonds. The molecule has 1 aromatic rings. The maximum absolute atomic E-state index is 13.2. The lowest BCUT2D eigenvalue weighted by molar-refractivity contribution is -0.143. The summed E-state index contributed by atoms with van der Waals surface area (Å²) in [6.45, 7) is 6.29. The smallest absolute Gasteiger partial charge is 0.338 e. The summed E-state index contributed by atoms with van der Waals surface area (Å²) in [7, 11) is 3.18. The van der Waals surface area contributed by atoms with Crippen LogP contribution in [0.5, 0.6) is 5.75 Å². The molecule has 0 saturated heterocycles. The highest BCUT2D eigenvalue weighted by Crippen LogP contribution is 2.46. The van der Waals surface area contributed by atoms with E-state index in [0.29, 0.717) is 35.3 Å².